The third kappa shape index (κ3) is 10.1. The Hall–Kier alpha value is 1.02. The van der Waals surface area contributed by atoms with Crippen LogP contribution in [0.5, 0.6) is 0 Å². The van der Waals surface area contributed by atoms with E-state index in [1.807, 2.05) is 0 Å². The molecule has 0 heterocycles. The van der Waals surface area contributed by atoms with Gasteiger partial charge < -0.3 is 7.59 Å². The molecule has 0 N–H and O–H groups in total. The molecular formula is C5H13ClMgO. The summed E-state index contributed by atoms with van der Waals surface area (Å²) in [6.07, 6.45) is 2.15. The Balaban J connectivity index is -0.0000000600. The predicted octanol–water partition coefficient (Wildman–Crippen LogP) is 1.50. The zero-order chi connectivity index (χ0) is 5.54. The van der Waals surface area contributed by atoms with Gasteiger partial charge in [-0.3, -0.25) is 0 Å². The second-order valence-corrected chi connectivity index (χ2v) is 1.77. The van der Waals surface area contributed by atoms with Crippen molar-refractivity contribution < 1.29 is 7.59 Å². The van der Waals surface area contributed by atoms with E-state index in [2.05, 4.69) is 0 Å². The Morgan fingerprint density at radius 2 is 2.12 bits per heavy atom. The van der Waals surface area contributed by atoms with Gasteiger partial charge in [-0.15, -0.1) is 11.6 Å². The SMILES string of the molecule is COCCCCCl.[H-].[H-].[Mg+2]. The minimum atomic E-state index is 0. The van der Waals surface area contributed by atoms with Crippen molar-refractivity contribution in [2.45, 2.75) is 12.8 Å². The van der Waals surface area contributed by atoms with Crippen molar-refractivity contribution in [2.75, 3.05) is 19.6 Å². The van der Waals surface area contributed by atoms with Crippen LogP contribution in [-0.2, 0) is 4.74 Å². The van der Waals surface area contributed by atoms with E-state index in [1.54, 1.807) is 7.11 Å². The van der Waals surface area contributed by atoms with E-state index in [4.69, 9.17) is 16.3 Å². The number of hydrogen-bond donors (Lipinski definition) is 0. The van der Waals surface area contributed by atoms with Crippen LogP contribution in [0.2, 0.25) is 0 Å². The van der Waals surface area contributed by atoms with Gasteiger partial charge in [0.25, 0.3) is 0 Å². The van der Waals surface area contributed by atoms with Crippen molar-refractivity contribution in [3.63, 3.8) is 0 Å². The first-order valence-electron chi connectivity index (χ1n) is 2.46. The van der Waals surface area contributed by atoms with Crippen LogP contribution in [-0.4, -0.2) is 42.6 Å². The van der Waals surface area contributed by atoms with E-state index in [9.17, 15) is 0 Å². The smallest absolute Gasteiger partial charge is 1.00 e. The van der Waals surface area contributed by atoms with Gasteiger partial charge in [0, 0.05) is 19.6 Å². The van der Waals surface area contributed by atoms with Crippen molar-refractivity contribution >= 4 is 34.7 Å². The van der Waals surface area contributed by atoms with E-state index in [1.165, 1.54) is 0 Å². The molecule has 0 rings (SSSR count). The fourth-order valence-corrected chi connectivity index (χ4v) is 0.530. The Bertz CT molecular complexity index is 38.8. The largest absolute Gasteiger partial charge is 2.00 e. The summed E-state index contributed by atoms with van der Waals surface area (Å²) in [7, 11) is 1.70. The molecule has 0 aliphatic rings. The second-order valence-electron chi connectivity index (χ2n) is 1.39. The quantitative estimate of drug-likeness (QED) is 0.334. The monoisotopic (exact) mass is 148 g/mol. The summed E-state index contributed by atoms with van der Waals surface area (Å²) in [6, 6.07) is 0. The minimum Gasteiger partial charge on any atom is -1.00 e. The van der Waals surface area contributed by atoms with Crippen molar-refractivity contribution in [1.82, 2.24) is 0 Å². The molecule has 1 nitrogen and oxygen atoms in total. The summed E-state index contributed by atoms with van der Waals surface area (Å²) in [5, 5.41) is 0. The van der Waals surface area contributed by atoms with E-state index in [0.29, 0.717) is 0 Å². The third-order valence-electron chi connectivity index (χ3n) is 0.732. The van der Waals surface area contributed by atoms with Crippen LogP contribution in [0.25, 0.3) is 0 Å². The van der Waals surface area contributed by atoms with Gasteiger partial charge in [0.1, 0.15) is 0 Å². The van der Waals surface area contributed by atoms with Crippen LogP contribution < -0.4 is 0 Å². The van der Waals surface area contributed by atoms with Crippen LogP contribution in [0.15, 0.2) is 0 Å². The average Bonchev–Trinajstić information content (AvgIpc) is 1.69. The van der Waals surface area contributed by atoms with Crippen LogP contribution in [0.4, 0.5) is 0 Å². The van der Waals surface area contributed by atoms with Crippen LogP contribution >= 0.6 is 11.6 Å². The molecule has 0 saturated carbocycles. The molecule has 0 aliphatic carbocycles. The van der Waals surface area contributed by atoms with Crippen molar-refractivity contribution in [3.05, 3.63) is 0 Å². The number of ether oxygens (including phenoxy) is 1. The van der Waals surface area contributed by atoms with Gasteiger partial charge >= 0.3 is 23.1 Å². The number of unbranched alkanes of at least 4 members (excludes halogenated alkanes) is 1. The molecule has 0 amide bonds. The normalized spacial score (nSPS) is 8.25. The molecule has 0 bridgehead atoms. The number of rotatable bonds is 4. The van der Waals surface area contributed by atoms with E-state index < -0.39 is 0 Å². The molecule has 0 atom stereocenters. The number of hydrogen-bond acceptors (Lipinski definition) is 1. The van der Waals surface area contributed by atoms with Gasteiger partial charge in [0.05, 0.1) is 0 Å². The van der Waals surface area contributed by atoms with Gasteiger partial charge in [0.15, 0.2) is 0 Å². The molecule has 0 aromatic rings. The second kappa shape index (κ2) is 10.9. The van der Waals surface area contributed by atoms with Crippen LogP contribution in [0.1, 0.15) is 15.7 Å². The number of alkyl halides is 1. The maximum Gasteiger partial charge on any atom is 2.00 e. The molecule has 3 heteroatoms. The van der Waals surface area contributed by atoms with Gasteiger partial charge in [-0.2, -0.15) is 0 Å². The summed E-state index contributed by atoms with van der Waals surface area (Å²) in [5.74, 6) is 0.753. The molecule has 0 radical (unpaired) electrons. The van der Waals surface area contributed by atoms with Crippen molar-refractivity contribution in [2.24, 2.45) is 0 Å². The Morgan fingerprint density at radius 3 is 2.50 bits per heavy atom. The van der Waals surface area contributed by atoms with E-state index in [0.717, 1.165) is 25.3 Å². The summed E-state index contributed by atoms with van der Waals surface area (Å²) >= 11 is 5.38. The van der Waals surface area contributed by atoms with Crippen LogP contribution in [0.3, 0.4) is 0 Å². The zero-order valence-electron chi connectivity index (χ0n) is 7.32. The summed E-state index contributed by atoms with van der Waals surface area (Å²) in [6.45, 7) is 0.840. The fourth-order valence-electron chi connectivity index (χ4n) is 0.341. The Morgan fingerprint density at radius 1 is 1.50 bits per heavy atom. The van der Waals surface area contributed by atoms with Gasteiger partial charge in [0.2, 0.25) is 0 Å². The number of methoxy groups -OCH3 is 1. The Kier molecular flexibility index (Phi) is 16.0. The maximum atomic E-state index is 5.38. The van der Waals surface area contributed by atoms with Gasteiger partial charge in [-0.05, 0) is 12.8 Å². The average molecular weight is 149 g/mol. The molecular weight excluding hydrogens is 136 g/mol. The van der Waals surface area contributed by atoms with E-state index >= 15 is 0 Å². The first kappa shape index (κ1) is 11.8. The first-order chi connectivity index (χ1) is 3.41. The molecule has 0 aromatic heterocycles. The number of halogens is 1. The molecule has 0 saturated heterocycles. The molecule has 0 aromatic carbocycles. The topological polar surface area (TPSA) is 9.23 Å². The minimum absolute atomic E-state index is 0. The molecule has 8 heavy (non-hydrogen) atoms. The molecule has 0 fully saturated rings. The molecule has 0 aliphatic heterocycles. The summed E-state index contributed by atoms with van der Waals surface area (Å²) in [4.78, 5) is 0. The summed E-state index contributed by atoms with van der Waals surface area (Å²) in [5.41, 5.74) is 0. The predicted molar refractivity (Wildman–Crippen MR) is 39.8 cm³/mol. The first-order valence-corrected chi connectivity index (χ1v) is 3.00. The van der Waals surface area contributed by atoms with Gasteiger partial charge in [-0.25, -0.2) is 0 Å². The molecule has 0 unspecified atom stereocenters. The van der Waals surface area contributed by atoms with Crippen molar-refractivity contribution in [3.8, 4) is 0 Å². The van der Waals surface area contributed by atoms with Crippen LogP contribution in [0, 0.1) is 0 Å². The van der Waals surface area contributed by atoms with Crippen molar-refractivity contribution in [1.29, 1.82) is 0 Å². The third-order valence-corrected chi connectivity index (χ3v) is 0.999. The Labute approximate surface area is 74.9 Å². The van der Waals surface area contributed by atoms with Gasteiger partial charge in [-0.1, -0.05) is 0 Å². The maximum absolute atomic E-state index is 5.38. The molecule has 48 valence electrons. The zero-order valence-corrected chi connectivity index (χ0v) is 7.49. The standard InChI is InChI=1S/C5H11ClO.Mg.2H/c1-7-5-3-2-4-6;;;/h2-5H2,1H3;;;/q;+2;2*-1. The van der Waals surface area contributed by atoms with E-state index in [-0.39, 0.29) is 25.9 Å². The fraction of sp³-hybridized carbons (Fsp3) is 1.00. The summed E-state index contributed by atoms with van der Waals surface area (Å²) < 4.78 is 4.79. The molecule has 0 spiro atoms.